The van der Waals surface area contributed by atoms with E-state index in [1.54, 1.807) is 29.2 Å². The monoisotopic (exact) mass is 439 g/mol. The number of nitrogens with one attached hydrogen (secondary N) is 1. The quantitative estimate of drug-likeness (QED) is 0.604. The maximum Gasteiger partial charge on any atom is 0.251 e. The highest BCUT2D eigenvalue weighted by Gasteiger charge is 2.27. The standard InChI is InChI=1S/C23H29N5O4/c1-28-22-20(24-9-10-25-22)19(27-28)15-7-5-14(6-8-15)13-26-23(29)16-11-17(30-2)21(32-4)18(12-16)31-3/h9-12,14-15H,5-8,13H2,1-4H3,(H,26,29). The summed E-state index contributed by atoms with van der Waals surface area (Å²) in [4.78, 5) is 21.7. The molecule has 2 aromatic heterocycles. The van der Waals surface area contributed by atoms with Crippen molar-refractivity contribution < 1.29 is 19.0 Å². The first-order valence-electron chi connectivity index (χ1n) is 10.8. The van der Waals surface area contributed by atoms with Crippen molar-refractivity contribution in [2.75, 3.05) is 27.9 Å². The molecule has 0 atom stereocenters. The number of rotatable bonds is 7. The number of benzene rings is 1. The van der Waals surface area contributed by atoms with E-state index >= 15 is 0 Å². The van der Waals surface area contributed by atoms with Gasteiger partial charge in [-0.05, 0) is 43.7 Å². The van der Waals surface area contributed by atoms with Crippen LogP contribution in [0, 0.1) is 5.92 Å². The van der Waals surface area contributed by atoms with Gasteiger partial charge in [0.1, 0.15) is 5.52 Å². The van der Waals surface area contributed by atoms with Gasteiger partial charge in [0, 0.05) is 37.5 Å². The summed E-state index contributed by atoms with van der Waals surface area (Å²) in [5.41, 5.74) is 3.23. The molecule has 9 heteroatoms. The highest BCUT2D eigenvalue weighted by Crippen LogP contribution is 2.39. The number of aryl methyl sites for hydroxylation is 1. The van der Waals surface area contributed by atoms with Crippen molar-refractivity contribution in [1.82, 2.24) is 25.1 Å². The predicted molar refractivity (Wildman–Crippen MR) is 119 cm³/mol. The van der Waals surface area contributed by atoms with Gasteiger partial charge in [-0.15, -0.1) is 0 Å². The maximum atomic E-state index is 12.8. The molecule has 2 heterocycles. The van der Waals surface area contributed by atoms with Crippen molar-refractivity contribution in [2.45, 2.75) is 31.6 Å². The van der Waals surface area contributed by atoms with Crippen LogP contribution in [0.2, 0.25) is 0 Å². The summed E-state index contributed by atoms with van der Waals surface area (Å²) in [6.45, 7) is 0.630. The number of aromatic nitrogens is 4. The van der Waals surface area contributed by atoms with E-state index in [0.29, 0.717) is 41.2 Å². The number of nitrogens with zero attached hydrogens (tertiary/aromatic N) is 4. The number of hydrogen-bond donors (Lipinski definition) is 1. The summed E-state index contributed by atoms with van der Waals surface area (Å²) in [7, 11) is 6.52. The zero-order chi connectivity index (χ0) is 22.7. The molecule has 1 fully saturated rings. The molecule has 1 N–H and O–H groups in total. The Morgan fingerprint density at radius 2 is 1.69 bits per heavy atom. The zero-order valence-corrected chi connectivity index (χ0v) is 18.9. The van der Waals surface area contributed by atoms with Crippen molar-refractivity contribution in [3.8, 4) is 17.2 Å². The van der Waals surface area contributed by atoms with Gasteiger partial charge in [-0.1, -0.05) is 0 Å². The van der Waals surface area contributed by atoms with Gasteiger partial charge in [0.2, 0.25) is 5.75 Å². The summed E-state index contributed by atoms with van der Waals surface area (Å²) in [6.07, 6.45) is 7.51. The van der Waals surface area contributed by atoms with Crippen LogP contribution in [-0.4, -0.2) is 53.5 Å². The maximum absolute atomic E-state index is 12.8. The number of ether oxygens (including phenoxy) is 3. The van der Waals surface area contributed by atoms with E-state index in [-0.39, 0.29) is 5.91 Å². The number of amides is 1. The Morgan fingerprint density at radius 3 is 2.31 bits per heavy atom. The Hall–Kier alpha value is -3.36. The topological polar surface area (TPSA) is 100 Å². The van der Waals surface area contributed by atoms with Crippen molar-refractivity contribution in [2.24, 2.45) is 13.0 Å². The van der Waals surface area contributed by atoms with Crippen LogP contribution in [0.4, 0.5) is 0 Å². The Bertz CT molecular complexity index is 1080. The average Bonchev–Trinajstić information content (AvgIpc) is 3.18. The molecule has 0 saturated heterocycles. The number of fused-ring (bicyclic) bond motifs is 1. The lowest BCUT2D eigenvalue weighted by atomic mass is 9.80. The largest absolute Gasteiger partial charge is 0.493 e. The first-order valence-corrected chi connectivity index (χ1v) is 10.8. The van der Waals surface area contributed by atoms with Gasteiger partial charge >= 0.3 is 0 Å². The molecule has 0 unspecified atom stereocenters. The van der Waals surface area contributed by atoms with E-state index in [2.05, 4.69) is 20.4 Å². The summed E-state index contributed by atoms with van der Waals surface area (Å²) in [5, 5.41) is 7.75. The van der Waals surface area contributed by atoms with Gasteiger partial charge in [0.25, 0.3) is 5.91 Å². The van der Waals surface area contributed by atoms with Crippen molar-refractivity contribution in [1.29, 1.82) is 0 Å². The van der Waals surface area contributed by atoms with E-state index < -0.39 is 0 Å². The molecule has 1 saturated carbocycles. The van der Waals surface area contributed by atoms with Gasteiger partial charge < -0.3 is 19.5 Å². The second-order valence-electron chi connectivity index (χ2n) is 8.08. The SMILES string of the molecule is COc1cc(C(=O)NCC2CCC(c3nn(C)c4nccnc34)CC2)cc(OC)c1OC. The van der Waals surface area contributed by atoms with E-state index in [1.807, 2.05) is 7.05 Å². The van der Waals surface area contributed by atoms with Crippen LogP contribution in [0.25, 0.3) is 11.2 Å². The zero-order valence-electron chi connectivity index (χ0n) is 18.9. The third kappa shape index (κ3) is 4.19. The fraction of sp³-hybridized carbons (Fsp3) is 0.478. The predicted octanol–water partition coefficient (Wildman–Crippen LogP) is 3.09. The van der Waals surface area contributed by atoms with Crippen molar-refractivity contribution >= 4 is 17.1 Å². The second-order valence-corrected chi connectivity index (χ2v) is 8.08. The molecule has 3 aromatic rings. The number of hydrogen-bond acceptors (Lipinski definition) is 7. The van der Waals surface area contributed by atoms with E-state index in [1.165, 1.54) is 21.3 Å². The lowest BCUT2D eigenvalue weighted by Gasteiger charge is -2.27. The van der Waals surface area contributed by atoms with Crippen LogP contribution in [-0.2, 0) is 7.05 Å². The summed E-state index contributed by atoms with van der Waals surface area (Å²) >= 11 is 0. The molecule has 32 heavy (non-hydrogen) atoms. The number of carbonyl (C=O) groups is 1. The van der Waals surface area contributed by atoms with Crippen LogP contribution in [0.3, 0.4) is 0 Å². The van der Waals surface area contributed by atoms with Gasteiger partial charge in [-0.3, -0.25) is 4.79 Å². The molecule has 0 spiro atoms. The Kier molecular flexibility index (Phi) is 6.43. The van der Waals surface area contributed by atoms with Crippen LogP contribution in [0.5, 0.6) is 17.2 Å². The van der Waals surface area contributed by atoms with Gasteiger partial charge in [-0.25, -0.2) is 14.6 Å². The second kappa shape index (κ2) is 9.42. The normalized spacial score (nSPS) is 18.4. The molecular formula is C23H29N5O4. The molecule has 9 nitrogen and oxygen atoms in total. The molecule has 1 aromatic carbocycles. The Balaban J connectivity index is 1.36. The fourth-order valence-corrected chi connectivity index (χ4v) is 4.47. The minimum atomic E-state index is -0.155. The highest BCUT2D eigenvalue weighted by atomic mass is 16.5. The summed E-state index contributed by atoms with van der Waals surface area (Å²) < 4.78 is 17.8. The van der Waals surface area contributed by atoms with E-state index in [9.17, 15) is 4.79 Å². The first-order chi connectivity index (χ1) is 15.5. The Morgan fingerprint density at radius 1 is 1.03 bits per heavy atom. The van der Waals surface area contributed by atoms with E-state index in [4.69, 9.17) is 14.2 Å². The number of carbonyl (C=O) groups excluding carboxylic acids is 1. The third-order valence-electron chi connectivity index (χ3n) is 6.20. The molecule has 170 valence electrons. The van der Waals surface area contributed by atoms with Gasteiger partial charge in [0.15, 0.2) is 17.1 Å². The van der Waals surface area contributed by atoms with Crippen LogP contribution < -0.4 is 19.5 Å². The lowest BCUT2D eigenvalue weighted by Crippen LogP contribution is -2.31. The number of methoxy groups -OCH3 is 3. The minimum absolute atomic E-state index is 0.155. The van der Waals surface area contributed by atoms with Crippen LogP contribution in [0.1, 0.15) is 47.7 Å². The first kappa shape index (κ1) is 21.9. The molecular weight excluding hydrogens is 410 g/mol. The van der Waals surface area contributed by atoms with Crippen molar-refractivity contribution in [3.05, 3.63) is 35.8 Å². The minimum Gasteiger partial charge on any atom is -0.493 e. The molecule has 1 aliphatic rings. The molecule has 0 radical (unpaired) electrons. The third-order valence-corrected chi connectivity index (χ3v) is 6.20. The highest BCUT2D eigenvalue weighted by molar-refractivity contribution is 5.95. The fourth-order valence-electron chi connectivity index (χ4n) is 4.47. The van der Waals surface area contributed by atoms with Crippen LogP contribution >= 0.6 is 0 Å². The molecule has 0 bridgehead atoms. The van der Waals surface area contributed by atoms with Crippen molar-refractivity contribution in [3.63, 3.8) is 0 Å². The summed E-state index contributed by atoms with van der Waals surface area (Å²) in [6, 6.07) is 3.33. The molecule has 1 aliphatic carbocycles. The van der Waals surface area contributed by atoms with E-state index in [0.717, 1.165) is 42.5 Å². The Labute approximate surface area is 187 Å². The van der Waals surface area contributed by atoms with Gasteiger partial charge in [-0.2, -0.15) is 5.10 Å². The average molecular weight is 440 g/mol. The smallest absolute Gasteiger partial charge is 0.251 e. The molecule has 4 rings (SSSR count). The summed E-state index contributed by atoms with van der Waals surface area (Å²) in [5.74, 6) is 2.04. The van der Waals surface area contributed by atoms with Crippen LogP contribution in [0.15, 0.2) is 24.5 Å². The lowest BCUT2D eigenvalue weighted by molar-refractivity contribution is 0.0942. The molecule has 0 aliphatic heterocycles. The molecule has 1 amide bonds. The van der Waals surface area contributed by atoms with Gasteiger partial charge in [0.05, 0.1) is 27.0 Å².